The van der Waals surface area contributed by atoms with E-state index in [1.165, 1.54) is 6.07 Å². The van der Waals surface area contributed by atoms with Crippen LogP contribution in [0.1, 0.15) is 12.0 Å². The zero-order valence-corrected chi connectivity index (χ0v) is 11.0. The van der Waals surface area contributed by atoms with Crippen LogP contribution in [0.3, 0.4) is 0 Å². The quantitative estimate of drug-likeness (QED) is 0.877. The summed E-state index contributed by atoms with van der Waals surface area (Å²) in [4.78, 5) is 12.5. The monoisotopic (exact) mass is 273 g/mol. The van der Waals surface area contributed by atoms with Gasteiger partial charge in [-0.15, -0.1) is 0 Å². The molecule has 0 atom stereocenters. The van der Waals surface area contributed by atoms with Gasteiger partial charge in [0.15, 0.2) is 0 Å². The number of nitrogens with zero attached hydrogens (tertiary/aromatic N) is 1. The summed E-state index contributed by atoms with van der Waals surface area (Å²) in [5, 5.41) is 8.82. The first-order valence-corrected chi connectivity index (χ1v) is 6.42. The predicted molar refractivity (Wildman–Crippen MR) is 76.1 cm³/mol. The number of hydrogen-bond acceptors (Lipinski definition) is 2. The Kier molecular flexibility index (Phi) is 4.71. The van der Waals surface area contributed by atoms with E-state index in [1.807, 2.05) is 30.3 Å². The van der Waals surface area contributed by atoms with E-state index in [0.29, 0.717) is 12.2 Å². The molecule has 0 amide bonds. The Morgan fingerprint density at radius 3 is 2.35 bits per heavy atom. The third-order valence-electron chi connectivity index (χ3n) is 3.00. The van der Waals surface area contributed by atoms with Crippen molar-refractivity contribution in [3.8, 4) is 0 Å². The average Bonchev–Trinajstić information content (AvgIpc) is 2.45. The number of anilines is 1. The minimum atomic E-state index is -0.889. The average molecular weight is 273 g/mol. The third-order valence-corrected chi connectivity index (χ3v) is 3.00. The lowest BCUT2D eigenvalue weighted by molar-refractivity contribution is -0.136. The Bertz CT molecular complexity index is 572. The second-order valence-corrected chi connectivity index (χ2v) is 4.50. The van der Waals surface area contributed by atoms with E-state index in [9.17, 15) is 9.18 Å². The highest BCUT2D eigenvalue weighted by Gasteiger charge is 2.13. The van der Waals surface area contributed by atoms with E-state index in [4.69, 9.17) is 5.11 Å². The van der Waals surface area contributed by atoms with Gasteiger partial charge in [-0.25, -0.2) is 4.39 Å². The summed E-state index contributed by atoms with van der Waals surface area (Å²) in [7, 11) is 0. The van der Waals surface area contributed by atoms with E-state index in [0.717, 1.165) is 5.56 Å². The van der Waals surface area contributed by atoms with Gasteiger partial charge in [0, 0.05) is 13.1 Å². The Labute approximate surface area is 117 Å². The molecule has 2 rings (SSSR count). The van der Waals surface area contributed by atoms with Gasteiger partial charge >= 0.3 is 5.97 Å². The van der Waals surface area contributed by atoms with Gasteiger partial charge < -0.3 is 10.0 Å². The first-order valence-electron chi connectivity index (χ1n) is 6.42. The number of halogens is 1. The number of rotatable bonds is 6. The van der Waals surface area contributed by atoms with Gasteiger partial charge in [-0.2, -0.15) is 0 Å². The van der Waals surface area contributed by atoms with Crippen molar-refractivity contribution in [3.63, 3.8) is 0 Å². The van der Waals surface area contributed by atoms with Crippen LogP contribution in [-0.2, 0) is 11.3 Å². The lowest BCUT2D eigenvalue weighted by Crippen LogP contribution is -2.26. The molecule has 1 N–H and O–H groups in total. The lowest BCUT2D eigenvalue weighted by atomic mass is 10.2. The number of para-hydroxylation sites is 1. The fraction of sp³-hybridized carbons (Fsp3) is 0.188. The Hall–Kier alpha value is -2.36. The molecule has 0 aliphatic rings. The molecule has 0 saturated heterocycles. The van der Waals surface area contributed by atoms with Crippen molar-refractivity contribution in [2.24, 2.45) is 0 Å². The van der Waals surface area contributed by atoms with Gasteiger partial charge in [0.05, 0.1) is 12.1 Å². The van der Waals surface area contributed by atoms with E-state index >= 15 is 0 Å². The third kappa shape index (κ3) is 3.82. The molecule has 0 fully saturated rings. The van der Waals surface area contributed by atoms with Crippen LogP contribution < -0.4 is 4.90 Å². The second kappa shape index (κ2) is 6.70. The van der Waals surface area contributed by atoms with E-state index < -0.39 is 5.97 Å². The molecule has 3 nitrogen and oxygen atoms in total. The molecule has 0 aromatic heterocycles. The van der Waals surface area contributed by atoms with Crippen LogP contribution in [0.4, 0.5) is 10.1 Å². The SMILES string of the molecule is O=C(O)CCN(Cc1ccccc1)c1ccccc1F. The molecule has 4 heteroatoms. The second-order valence-electron chi connectivity index (χ2n) is 4.50. The number of hydrogen-bond donors (Lipinski definition) is 1. The smallest absolute Gasteiger partial charge is 0.305 e. The van der Waals surface area contributed by atoms with Gasteiger partial charge in [-0.3, -0.25) is 4.79 Å². The van der Waals surface area contributed by atoms with Gasteiger partial charge in [-0.05, 0) is 17.7 Å². The van der Waals surface area contributed by atoms with Crippen LogP contribution in [0.25, 0.3) is 0 Å². The van der Waals surface area contributed by atoms with Crippen molar-refractivity contribution >= 4 is 11.7 Å². The van der Waals surface area contributed by atoms with E-state index in [1.54, 1.807) is 23.1 Å². The maximum Gasteiger partial charge on any atom is 0.305 e. The van der Waals surface area contributed by atoms with E-state index in [2.05, 4.69) is 0 Å². The molecule has 104 valence electrons. The molecule has 0 aliphatic carbocycles. The number of benzene rings is 2. The van der Waals surface area contributed by atoms with Crippen molar-refractivity contribution in [2.45, 2.75) is 13.0 Å². The highest BCUT2D eigenvalue weighted by atomic mass is 19.1. The summed E-state index contributed by atoms with van der Waals surface area (Å²) in [6.45, 7) is 0.750. The summed E-state index contributed by atoms with van der Waals surface area (Å²) >= 11 is 0. The highest BCUT2D eigenvalue weighted by Crippen LogP contribution is 2.21. The minimum absolute atomic E-state index is 0.0266. The van der Waals surface area contributed by atoms with Crippen molar-refractivity contribution in [1.29, 1.82) is 0 Å². The van der Waals surface area contributed by atoms with E-state index in [-0.39, 0.29) is 18.8 Å². The maximum atomic E-state index is 13.9. The fourth-order valence-electron chi connectivity index (χ4n) is 2.03. The number of carbonyl (C=O) groups is 1. The first kappa shape index (κ1) is 14.1. The van der Waals surface area contributed by atoms with Crippen LogP contribution >= 0.6 is 0 Å². The molecular weight excluding hydrogens is 257 g/mol. The topological polar surface area (TPSA) is 40.5 Å². The molecule has 0 spiro atoms. The number of aliphatic carboxylic acids is 1. The molecule has 0 bridgehead atoms. The Morgan fingerprint density at radius 1 is 1.05 bits per heavy atom. The molecule has 0 saturated carbocycles. The standard InChI is InChI=1S/C16H16FNO2/c17-14-8-4-5-9-15(14)18(11-10-16(19)20)12-13-6-2-1-3-7-13/h1-9H,10-12H2,(H,19,20). The molecule has 20 heavy (non-hydrogen) atoms. The molecular formula is C16H16FNO2. The van der Waals surface area contributed by atoms with Crippen LogP contribution in [-0.4, -0.2) is 17.6 Å². The largest absolute Gasteiger partial charge is 0.481 e. The van der Waals surface area contributed by atoms with Gasteiger partial charge in [0.25, 0.3) is 0 Å². The summed E-state index contributed by atoms with van der Waals surface area (Å²) in [6.07, 6.45) is -0.0266. The number of carboxylic acid groups (broad SMARTS) is 1. The fourth-order valence-corrected chi connectivity index (χ4v) is 2.03. The minimum Gasteiger partial charge on any atom is -0.481 e. The van der Waals surface area contributed by atoms with Crippen LogP contribution in [0.5, 0.6) is 0 Å². The predicted octanol–water partition coefficient (Wildman–Crippen LogP) is 3.31. The van der Waals surface area contributed by atoms with Crippen LogP contribution in [0.15, 0.2) is 54.6 Å². The molecule has 0 unspecified atom stereocenters. The van der Waals surface area contributed by atoms with Gasteiger partial charge in [-0.1, -0.05) is 42.5 Å². The molecule has 0 aliphatic heterocycles. The lowest BCUT2D eigenvalue weighted by Gasteiger charge is -2.24. The Balaban J connectivity index is 2.20. The van der Waals surface area contributed by atoms with Crippen LogP contribution in [0.2, 0.25) is 0 Å². The zero-order chi connectivity index (χ0) is 14.4. The molecule has 0 radical (unpaired) electrons. The van der Waals surface area contributed by atoms with Crippen LogP contribution in [0, 0.1) is 5.82 Å². The Morgan fingerprint density at radius 2 is 1.70 bits per heavy atom. The molecule has 2 aromatic carbocycles. The normalized spacial score (nSPS) is 10.2. The number of carboxylic acids is 1. The van der Waals surface area contributed by atoms with Crippen molar-refractivity contribution < 1.29 is 14.3 Å². The van der Waals surface area contributed by atoms with Gasteiger partial charge in [0.1, 0.15) is 5.82 Å². The molecule has 2 aromatic rings. The summed E-state index contributed by atoms with van der Waals surface area (Å²) in [6, 6.07) is 16.0. The zero-order valence-electron chi connectivity index (χ0n) is 11.0. The van der Waals surface area contributed by atoms with Gasteiger partial charge in [0.2, 0.25) is 0 Å². The summed E-state index contributed by atoms with van der Waals surface area (Å²) < 4.78 is 13.9. The van der Waals surface area contributed by atoms with Crippen molar-refractivity contribution in [2.75, 3.05) is 11.4 Å². The summed E-state index contributed by atoms with van der Waals surface area (Å²) in [5.41, 5.74) is 1.44. The maximum absolute atomic E-state index is 13.9. The first-order chi connectivity index (χ1) is 9.66. The highest BCUT2D eigenvalue weighted by molar-refractivity contribution is 5.67. The summed E-state index contributed by atoms with van der Waals surface area (Å²) in [5.74, 6) is -1.23. The van der Waals surface area contributed by atoms with Crippen molar-refractivity contribution in [1.82, 2.24) is 0 Å². The van der Waals surface area contributed by atoms with Crippen molar-refractivity contribution in [3.05, 3.63) is 66.0 Å². The molecule has 0 heterocycles.